The van der Waals surface area contributed by atoms with E-state index in [2.05, 4.69) is 10.3 Å². The van der Waals surface area contributed by atoms with Crippen molar-refractivity contribution >= 4 is 5.82 Å². The van der Waals surface area contributed by atoms with Crippen molar-refractivity contribution in [3.05, 3.63) is 18.3 Å². The van der Waals surface area contributed by atoms with Crippen LogP contribution in [0.5, 0.6) is 5.75 Å². The van der Waals surface area contributed by atoms with Crippen LogP contribution in [0.3, 0.4) is 0 Å². The van der Waals surface area contributed by atoms with Gasteiger partial charge in [0.15, 0.2) is 11.6 Å². The van der Waals surface area contributed by atoms with Crippen molar-refractivity contribution in [3.8, 4) is 5.75 Å². The summed E-state index contributed by atoms with van der Waals surface area (Å²) in [5.41, 5.74) is 0. The minimum atomic E-state index is 0.460. The fourth-order valence-corrected chi connectivity index (χ4v) is 2.87. The van der Waals surface area contributed by atoms with E-state index in [0.717, 1.165) is 18.1 Å². The first-order valence-electron chi connectivity index (χ1n) is 6.25. The number of methoxy groups -OCH3 is 1. The van der Waals surface area contributed by atoms with Crippen molar-refractivity contribution in [1.82, 2.24) is 4.98 Å². The zero-order chi connectivity index (χ0) is 11.7. The van der Waals surface area contributed by atoms with E-state index in [1.54, 1.807) is 13.3 Å². The average Bonchev–Trinajstić information content (AvgIpc) is 2.98. The molecule has 2 aliphatic rings. The van der Waals surface area contributed by atoms with Crippen molar-refractivity contribution in [2.75, 3.05) is 19.0 Å². The van der Waals surface area contributed by atoms with Crippen molar-refractivity contribution in [3.63, 3.8) is 0 Å². The fourth-order valence-electron chi connectivity index (χ4n) is 2.87. The summed E-state index contributed by atoms with van der Waals surface area (Å²) in [6.45, 7) is 0.925. The van der Waals surface area contributed by atoms with Crippen LogP contribution in [0, 0.1) is 5.92 Å². The largest absolute Gasteiger partial charge is 0.493 e. The zero-order valence-electron chi connectivity index (χ0n) is 10.1. The van der Waals surface area contributed by atoms with Gasteiger partial charge in [0, 0.05) is 18.7 Å². The van der Waals surface area contributed by atoms with Gasteiger partial charge in [-0.05, 0) is 31.4 Å². The van der Waals surface area contributed by atoms with Crippen molar-refractivity contribution in [2.24, 2.45) is 5.92 Å². The molecule has 2 saturated heterocycles. The molecule has 3 unspecified atom stereocenters. The normalized spacial score (nSPS) is 30.5. The summed E-state index contributed by atoms with van der Waals surface area (Å²) in [6, 6.07) is 3.80. The number of ether oxygens (including phenoxy) is 2. The molecule has 4 heteroatoms. The number of aromatic nitrogens is 1. The topological polar surface area (TPSA) is 43.4 Å². The van der Waals surface area contributed by atoms with E-state index in [1.165, 1.54) is 19.3 Å². The summed E-state index contributed by atoms with van der Waals surface area (Å²) in [7, 11) is 1.67. The molecule has 3 heterocycles. The molecule has 0 aromatic carbocycles. The Morgan fingerprint density at radius 2 is 2.47 bits per heavy atom. The van der Waals surface area contributed by atoms with E-state index in [4.69, 9.17) is 9.47 Å². The van der Waals surface area contributed by atoms with Crippen LogP contribution in [0.25, 0.3) is 0 Å². The SMILES string of the molecule is COc1cccnc1NCC1CC2CCC1O2. The predicted molar refractivity (Wildman–Crippen MR) is 65.3 cm³/mol. The van der Waals surface area contributed by atoms with E-state index in [9.17, 15) is 0 Å². The lowest BCUT2D eigenvalue weighted by atomic mass is 9.89. The summed E-state index contributed by atoms with van der Waals surface area (Å²) < 4.78 is 11.1. The number of anilines is 1. The average molecular weight is 234 g/mol. The molecule has 1 N–H and O–H groups in total. The van der Waals surface area contributed by atoms with Gasteiger partial charge in [0.2, 0.25) is 0 Å². The highest BCUT2D eigenvalue weighted by Crippen LogP contribution is 2.38. The molecule has 0 saturated carbocycles. The van der Waals surface area contributed by atoms with Crippen LogP contribution in [0.4, 0.5) is 5.82 Å². The number of nitrogens with one attached hydrogen (secondary N) is 1. The molecule has 92 valence electrons. The molecule has 1 aromatic rings. The lowest BCUT2D eigenvalue weighted by Gasteiger charge is -2.19. The predicted octanol–water partition coefficient (Wildman–Crippen LogP) is 2.07. The molecule has 0 amide bonds. The van der Waals surface area contributed by atoms with Gasteiger partial charge in [-0.2, -0.15) is 0 Å². The molecule has 0 aliphatic carbocycles. The van der Waals surface area contributed by atoms with Gasteiger partial charge in [-0.3, -0.25) is 0 Å². The van der Waals surface area contributed by atoms with Gasteiger partial charge in [0.05, 0.1) is 19.3 Å². The second-order valence-corrected chi connectivity index (χ2v) is 4.80. The van der Waals surface area contributed by atoms with Gasteiger partial charge in [-0.15, -0.1) is 0 Å². The lowest BCUT2D eigenvalue weighted by Crippen LogP contribution is -2.24. The van der Waals surface area contributed by atoms with E-state index in [-0.39, 0.29) is 0 Å². The van der Waals surface area contributed by atoms with Crippen LogP contribution in [0.2, 0.25) is 0 Å². The Balaban J connectivity index is 1.60. The summed E-state index contributed by atoms with van der Waals surface area (Å²) >= 11 is 0. The minimum Gasteiger partial charge on any atom is -0.493 e. The minimum absolute atomic E-state index is 0.460. The molecule has 2 aliphatic heterocycles. The number of rotatable bonds is 4. The number of nitrogens with zero attached hydrogens (tertiary/aromatic N) is 1. The lowest BCUT2D eigenvalue weighted by molar-refractivity contribution is 0.0941. The Morgan fingerprint density at radius 1 is 1.53 bits per heavy atom. The van der Waals surface area contributed by atoms with Crippen LogP contribution in [0.15, 0.2) is 18.3 Å². The third-order valence-electron chi connectivity index (χ3n) is 3.75. The Hall–Kier alpha value is -1.29. The summed E-state index contributed by atoms with van der Waals surface area (Å²) in [4.78, 5) is 4.30. The molecule has 0 spiro atoms. The second kappa shape index (κ2) is 4.53. The molecule has 17 heavy (non-hydrogen) atoms. The fraction of sp³-hybridized carbons (Fsp3) is 0.615. The van der Waals surface area contributed by atoms with Gasteiger partial charge >= 0.3 is 0 Å². The van der Waals surface area contributed by atoms with E-state index in [0.29, 0.717) is 18.1 Å². The molecule has 2 bridgehead atoms. The summed E-state index contributed by atoms with van der Waals surface area (Å²) in [5.74, 6) is 2.26. The Labute approximate surface area is 101 Å². The first-order valence-corrected chi connectivity index (χ1v) is 6.25. The Kier molecular flexibility index (Phi) is 2.89. The maximum absolute atomic E-state index is 5.84. The quantitative estimate of drug-likeness (QED) is 0.866. The molecule has 4 nitrogen and oxygen atoms in total. The van der Waals surface area contributed by atoms with Crippen molar-refractivity contribution < 1.29 is 9.47 Å². The van der Waals surface area contributed by atoms with E-state index in [1.807, 2.05) is 12.1 Å². The number of fused-ring (bicyclic) bond motifs is 2. The summed E-state index contributed by atoms with van der Waals surface area (Å²) in [5, 5.41) is 3.37. The number of pyridine rings is 1. The standard InChI is InChI=1S/C13H18N2O2/c1-16-12-3-2-6-14-13(12)15-8-9-7-10-4-5-11(9)17-10/h2-3,6,9-11H,4-5,7-8H2,1H3,(H,14,15). The van der Waals surface area contributed by atoms with Crippen LogP contribution in [-0.4, -0.2) is 30.8 Å². The first kappa shape index (κ1) is 10.8. The highest BCUT2D eigenvalue weighted by Gasteiger charge is 2.40. The van der Waals surface area contributed by atoms with Gasteiger partial charge in [-0.1, -0.05) is 0 Å². The third-order valence-corrected chi connectivity index (χ3v) is 3.75. The first-order chi connectivity index (χ1) is 8.36. The third kappa shape index (κ3) is 2.09. The van der Waals surface area contributed by atoms with Crippen molar-refractivity contribution in [1.29, 1.82) is 0 Å². The molecule has 0 radical (unpaired) electrons. The number of hydrogen-bond donors (Lipinski definition) is 1. The zero-order valence-corrected chi connectivity index (χ0v) is 10.1. The van der Waals surface area contributed by atoms with E-state index < -0.39 is 0 Å². The summed E-state index contributed by atoms with van der Waals surface area (Å²) in [6.07, 6.45) is 6.40. The van der Waals surface area contributed by atoms with Gasteiger partial charge in [0.25, 0.3) is 0 Å². The maximum Gasteiger partial charge on any atom is 0.168 e. The monoisotopic (exact) mass is 234 g/mol. The van der Waals surface area contributed by atoms with Crippen LogP contribution < -0.4 is 10.1 Å². The highest BCUT2D eigenvalue weighted by molar-refractivity contribution is 5.49. The molecule has 3 rings (SSSR count). The molecular formula is C13H18N2O2. The van der Waals surface area contributed by atoms with Gasteiger partial charge in [-0.25, -0.2) is 4.98 Å². The van der Waals surface area contributed by atoms with Crippen LogP contribution in [0.1, 0.15) is 19.3 Å². The molecule has 3 atom stereocenters. The molecular weight excluding hydrogens is 216 g/mol. The highest BCUT2D eigenvalue weighted by atomic mass is 16.5. The van der Waals surface area contributed by atoms with Crippen LogP contribution >= 0.6 is 0 Å². The molecule has 2 fully saturated rings. The van der Waals surface area contributed by atoms with Gasteiger partial charge < -0.3 is 14.8 Å². The van der Waals surface area contributed by atoms with Crippen molar-refractivity contribution in [2.45, 2.75) is 31.5 Å². The van der Waals surface area contributed by atoms with Gasteiger partial charge in [0.1, 0.15) is 0 Å². The molecule has 1 aromatic heterocycles. The number of hydrogen-bond acceptors (Lipinski definition) is 4. The smallest absolute Gasteiger partial charge is 0.168 e. The van der Waals surface area contributed by atoms with Crippen LogP contribution in [-0.2, 0) is 4.74 Å². The van der Waals surface area contributed by atoms with E-state index >= 15 is 0 Å². The second-order valence-electron chi connectivity index (χ2n) is 4.80. The Bertz CT molecular complexity index is 397. The maximum atomic E-state index is 5.84. The Morgan fingerprint density at radius 3 is 3.18 bits per heavy atom.